The highest BCUT2D eigenvalue weighted by Gasteiger charge is 2.08. The smallest absolute Gasteiger partial charge is 0.128 e. The monoisotopic (exact) mass is 369 g/mol. The van der Waals surface area contributed by atoms with E-state index in [1.165, 1.54) is 0 Å². The van der Waals surface area contributed by atoms with Gasteiger partial charge in [0.2, 0.25) is 0 Å². The van der Waals surface area contributed by atoms with Crippen molar-refractivity contribution >= 4 is 29.4 Å². The molecule has 2 nitrogen and oxygen atoms in total. The Morgan fingerprint density at radius 3 is 2.40 bits per heavy atom. The van der Waals surface area contributed by atoms with Crippen LogP contribution in [0.3, 0.4) is 0 Å². The van der Waals surface area contributed by atoms with Gasteiger partial charge in [0.15, 0.2) is 0 Å². The molecule has 0 amide bonds. The molecular formula is C21H17Cl2NO. The molecule has 1 atom stereocenters. The van der Waals surface area contributed by atoms with Crippen LogP contribution >= 0.6 is 23.2 Å². The van der Waals surface area contributed by atoms with Crippen LogP contribution < -0.4 is 4.74 Å². The molecule has 3 aromatic rings. The molecule has 0 aliphatic rings. The van der Waals surface area contributed by atoms with Gasteiger partial charge in [0.05, 0.1) is 6.04 Å². The minimum atomic E-state index is -0.0662. The van der Waals surface area contributed by atoms with Crippen LogP contribution in [0.25, 0.3) is 0 Å². The number of hydrogen-bond acceptors (Lipinski definition) is 2. The summed E-state index contributed by atoms with van der Waals surface area (Å²) in [7, 11) is 0. The third-order valence-electron chi connectivity index (χ3n) is 3.70. The molecule has 3 rings (SSSR count). The fourth-order valence-electron chi connectivity index (χ4n) is 2.40. The summed E-state index contributed by atoms with van der Waals surface area (Å²) in [6.45, 7) is 2.00. The topological polar surface area (TPSA) is 21.6 Å². The number of para-hydroxylation sites is 1. The first kappa shape index (κ1) is 17.5. The van der Waals surface area contributed by atoms with Gasteiger partial charge < -0.3 is 4.74 Å². The van der Waals surface area contributed by atoms with Crippen LogP contribution in [0.4, 0.5) is 0 Å². The summed E-state index contributed by atoms with van der Waals surface area (Å²) in [4.78, 5) is 4.60. The van der Waals surface area contributed by atoms with Crippen molar-refractivity contribution in [2.45, 2.75) is 13.0 Å². The van der Waals surface area contributed by atoms with Crippen molar-refractivity contribution in [2.24, 2.45) is 4.99 Å². The SMILES string of the molecule is C[C@@H](N=Cc1cccc(Oc2ccccc2)c1)c1ccc(Cl)cc1Cl. The number of aliphatic imine (C=N–C) groups is 1. The van der Waals surface area contributed by atoms with Crippen LogP contribution in [0.1, 0.15) is 24.1 Å². The number of nitrogens with zero attached hydrogens (tertiary/aromatic N) is 1. The first-order valence-electron chi connectivity index (χ1n) is 7.93. The van der Waals surface area contributed by atoms with Crippen molar-refractivity contribution < 1.29 is 4.74 Å². The highest BCUT2D eigenvalue weighted by atomic mass is 35.5. The van der Waals surface area contributed by atoms with Gasteiger partial charge in [0, 0.05) is 16.3 Å². The van der Waals surface area contributed by atoms with Crippen LogP contribution in [0.2, 0.25) is 10.0 Å². The van der Waals surface area contributed by atoms with Gasteiger partial charge in [0.1, 0.15) is 11.5 Å². The van der Waals surface area contributed by atoms with Gasteiger partial charge in [0.25, 0.3) is 0 Å². The predicted octanol–water partition coefficient (Wildman–Crippen LogP) is 6.97. The maximum Gasteiger partial charge on any atom is 0.128 e. The maximum atomic E-state index is 6.24. The van der Waals surface area contributed by atoms with Gasteiger partial charge in [-0.2, -0.15) is 0 Å². The minimum absolute atomic E-state index is 0.0662. The van der Waals surface area contributed by atoms with Crippen molar-refractivity contribution in [2.75, 3.05) is 0 Å². The zero-order valence-electron chi connectivity index (χ0n) is 13.7. The van der Waals surface area contributed by atoms with Gasteiger partial charge in [-0.25, -0.2) is 0 Å². The summed E-state index contributed by atoms with van der Waals surface area (Å²) in [6.07, 6.45) is 1.83. The Labute approximate surface area is 157 Å². The van der Waals surface area contributed by atoms with E-state index in [9.17, 15) is 0 Å². The number of halogens is 2. The van der Waals surface area contributed by atoms with Crippen LogP contribution in [-0.2, 0) is 0 Å². The standard InChI is InChI=1S/C21H17Cl2NO/c1-15(20-11-10-17(22)13-21(20)23)24-14-16-6-5-9-19(12-16)25-18-7-3-2-4-8-18/h2-15H,1H3/t15-/m1/s1. The van der Waals surface area contributed by atoms with E-state index >= 15 is 0 Å². The van der Waals surface area contributed by atoms with Crippen molar-refractivity contribution in [3.63, 3.8) is 0 Å². The first-order chi connectivity index (χ1) is 12.1. The summed E-state index contributed by atoms with van der Waals surface area (Å²) in [6, 6.07) is 22.9. The fraction of sp³-hybridized carbons (Fsp3) is 0.0952. The molecule has 0 bridgehead atoms. The molecule has 0 fully saturated rings. The minimum Gasteiger partial charge on any atom is -0.457 e. The van der Waals surface area contributed by atoms with Crippen LogP contribution in [0.15, 0.2) is 77.8 Å². The Balaban J connectivity index is 1.74. The summed E-state index contributed by atoms with van der Waals surface area (Å²) < 4.78 is 5.85. The molecule has 0 N–H and O–H groups in total. The van der Waals surface area contributed by atoms with Crippen LogP contribution in [0, 0.1) is 0 Å². The molecule has 0 aliphatic heterocycles. The second kappa shape index (κ2) is 8.19. The molecule has 0 saturated heterocycles. The summed E-state index contributed by atoms with van der Waals surface area (Å²) >= 11 is 12.2. The Kier molecular flexibility index (Phi) is 5.75. The summed E-state index contributed by atoms with van der Waals surface area (Å²) in [5.74, 6) is 1.57. The summed E-state index contributed by atoms with van der Waals surface area (Å²) in [5.41, 5.74) is 1.91. The normalized spacial score (nSPS) is 12.3. The Morgan fingerprint density at radius 2 is 1.64 bits per heavy atom. The average molecular weight is 370 g/mol. The van der Waals surface area contributed by atoms with Crippen molar-refractivity contribution in [3.8, 4) is 11.5 Å². The van der Waals surface area contributed by atoms with Gasteiger partial charge >= 0.3 is 0 Å². The number of hydrogen-bond donors (Lipinski definition) is 0. The van der Waals surface area contributed by atoms with E-state index in [-0.39, 0.29) is 6.04 Å². The fourth-order valence-corrected chi connectivity index (χ4v) is 2.97. The third kappa shape index (κ3) is 4.85. The lowest BCUT2D eigenvalue weighted by molar-refractivity contribution is 0.482. The molecule has 0 unspecified atom stereocenters. The second-order valence-electron chi connectivity index (χ2n) is 5.61. The lowest BCUT2D eigenvalue weighted by Gasteiger charge is -2.09. The quantitative estimate of drug-likeness (QED) is 0.445. The second-order valence-corrected chi connectivity index (χ2v) is 6.45. The Hall–Kier alpha value is -2.29. The lowest BCUT2D eigenvalue weighted by Crippen LogP contribution is -1.93. The van der Waals surface area contributed by atoms with E-state index in [4.69, 9.17) is 27.9 Å². The summed E-state index contributed by atoms with van der Waals surface area (Å²) in [5, 5.41) is 1.24. The highest BCUT2D eigenvalue weighted by molar-refractivity contribution is 6.35. The Morgan fingerprint density at radius 1 is 0.880 bits per heavy atom. The van der Waals surface area contributed by atoms with Crippen LogP contribution in [0.5, 0.6) is 11.5 Å². The van der Waals surface area contributed by atoms with E-state index in [0.29, 0.717) is 10.0 Å². The lowest BCUT2D eigenvalue weighted by atomic mass is 10.1. The maximum absolute atomic E-state index is 6.24. The largest absolute Gasteiger partial charge is 0.457 e. The molecule has 0 aromatic heterocycles. The number of benzene rings is 3. The van der Waals surface area contributed by atoms with Crippen molar-refractivity contribution in [1.82, 2.24) is 0 Å². The number of rotatable bonds is 5. The van der Waals surface area contributed by atoms with Crippen molar-refractivity contribution in [1.29, 1.82) is 0 Å². The molecular weight excluding hydrogens is 353 g/mol. The zero-order chi connectivity index (χ0) is 17.6. The third-order valence-corrected chi connectivity index (χ3v) is 4.26. The van der Waals surface area contributed by atoms with E-state index in [1.54, 1.807) is 6.07 Å². The molecule has 4 heteroatoms. The van der Waals surface area contributed by atoms with E-state index in [1.807, 2.05) is 79.9 Å². The zero-order valence-corrected chi connectivity index (χ0v) is 15.2. The van der Waals surface area contributed by atoms with Crippen LogP contribution in [-0.4, -0.2) is 6.21 Å². The average Bonchev–Trinajstić information content (AvgIpc) is 2.61. The Bertz CT molecular complexity index is 878. The highest BCUT2D eigenvalue weighted by Crippen LogP contribution is 2.28. The molecule has 0 aliphatic carbocycles. The molecule has 0 heterocycles. The van der Waals surface area contributed by atoms with Gasteiger partial charge in [-0.15, -0.1) is 0 Å². The van der Waals surface area contributed by atoms with Crippen molar-refractivity contribution in [3.05, 3.63) is 94.0 Å². The van der Waals surface area contributed by atoms with Gasteiger partial charge in [-0.1, -0.05) is 59.6 Å². The first-order valence-corrected chi connectivity index (χ1v) is 8.68. The molecule has 0 saturated carbocycles. The van der Waals surface area contributed by atoms with E-state index in [2.05, 4.69) is 4.99 Å². The van der Waals surface area contributed by atoms with E-state index in [0.717, 1.165) is 22.6 Å². The van der Waals surface area contributed by atoms with Gasteiger partial charge in [-0.3, -0.25) is 4.99 Å². The molecule has 3 aromatic carbocycles. The predicted molar refractivity (Wildman–Crippen MR) is 105 cm³/mol. The molecule has 0 radical (unpaired) electrons. The number of ether oxygens (including phenoxy) is 1. The molecule has 0 spiro atoms. The van der Waals surface area contributed by atoms with E-state index < -0.39 is 0 Å². The molecule has 25 heavy (non-hydrogen) atoms. The van der Waals surface area contributed by atoms with Gasteiger partial charge in [-0.05, 0) is 54.4 Å². The molecule has 126 valence electrons.